The van der Waals surface area contributed by atoms with E-state index >= 15 is 0 Å². The van der Waals surface area contributed by atoms with E-state index in [1.165, 1.54) is 18.5 Å². The minimum Gasteiger partial charge on any atom is -0.364 e. The van der Waals surface area contributed by atoms with Crippen LogP contribution in [-0.2, 0) is 6.42 Å². The number of pyridine rings is 1. The molecule has 1 aliphatic carbocycles. The Hall–Kier alpha value is -1.64. The molecule has 0 amide bonds. The highest BCUT2D eigenvalue weighted by atomic mass is 16.5. The molecule has 1 fully saturated rings. The van der Waals surface area contributed by atoms with E-state index in [0.29, 0.717) is 0 Å². The summed E-state index contributed by atoms with van der Waals surface area (Å²) < 4.78 is 4.87. The summed E-state index contributed by atoms with van der Waals surface area (Å²) in [5, 5.41) is 3.95. The van der Waals surface area contributed by atoms with Gasteiger partial charge in [-0.1, -0.05) is 11.2 Å². The van der Waals surface area contributed by atoms with Crippen LogP contribution in [0.4, 0.5) is 0 Å². The van der Waals surface area contributed by atoms with Crippen molar-refractivity contribution in [3.8, 4) is 11.4 Å². The predicted octanol–water partition coefficient (Wildman–Crippen LogP) is 3.00. The van der Waals surface area contributed by atoms with Crippen LogP contribution < -0.4 is 0 Å². The number of hydrogen-bond donors (Lipinski definition) is 0. The van der Waals surface area contributed by atoms with Gasteiger partial charge in [0, 0.05) is 11.8 Å². The van der Waals surface area contributed by atoms with Crippen molar-refractivity contribution in [1.29, 1.82) is 0 Å². The van der Waals surface area contributed by atoms with Crippen molar-refractivity contribution in [2.75, 3.05) is 0 Å². The van der Waals surface area contributed by atoms with Gasteiger partial charge in [0.05, 0.1) is 5.69 Å². The van der Waals surface area contributed by atoms with Crippen molar-refractivity contribution < 1.29 is 4.52 Å². The molecule has 2 heterocycles. The molecule has 2 aromatic rings. The molecule has 0 aliphatic heterocycles. The Morgan fingerprint density at radius 3 is 2.88 bits per heavy atom. The summed E-state index contributed by atoms with van der Waals surface area (Å²) in [7, 11) is 0. The lowest BCUT2D eigenvalue weighted by atomic mass is 10.1. The summed E-state index contributed by atoms with van der Waals surface area (Å²) >= 11 is 0. The van der Waals surface area contributed by atoms with Gasteiger partial charge < -0.3 is 4.52 Å². The lowest BCUT2D eigenvalue weighted by Crippen LogP contribution is -1.96. The first-order valence-electron chi connectivity index (χ1n) is 5.70. The second kappa shape index (κ2) is 3.74. The molecular formula is C13H14N2O. The highest BCUT2D eigenvalue weighted by Crippen LogP contribution is 2.32. The van der Waals surface area contributed by atoms with Crippen LogP contribution >= 0.6 is 0 Å². The predicted molar refractivity (Wildman–Crippen MR) is 60.9 cm³/mol. The second-order valence-corrected chi connectivity index (χ2v) is 4.50. The number of nitrogens with zero attached hydrogens (tertiary/aromatic N) is 2. The van der Waals surface area contributed by atoms with Crippen LogP contribution in [0.15, 0.2) is 29.0 Å². The molecule has 82 valence electrons. The molecule has 3 rings (SSSR count). The molecule has 0 aromatic carbocycles. The van der Waals surface area contributed by atoms with Gasteiger partial charge in [0.2, 0.25) is 0 Å². The largest absolute Gasteiger partial charge is 0.364 e. The Morgan fingerprint density at radius 1 is 1.31 bits per heavy atom. The highest BCUT2D eigenvalue weighted by Gasteiger charge is 2.22. The van der Waals surface area contributed by atoms with Gasteiger partial charge in [0.15, 0.2) is 0 Å². The van der Waals surface area contributed by atoms with Crippen molar-refractivity contribution in [1.82, 2.24) is 10.1 Å². The van der Waals surface area contributed by atoms with Crippen molar-refractivity contribution >= 4 is 0 Å². The summed E-state index contributed by atoms with van der Waals surface area (Å²) in [5.74, 6) is 0.861. The molecule has 2 aromatic heterocycles. The maximum Gasteiger partial charge on any atom is 0.132 e. The van der Waals surface area contributed by atoms with Crippen LogP contribution in [0.1, 0.15) is 24.1 Å². The third-order valence-corrected chi connectivity index (χ3v) is 3.03. The van der Waals surface area contributed by atoms with Gasteiger partial charge in [-0.15, -0.1) is 0 Å². The zero-order valence-corrected chi connectivity index (χ0v) is 9.31. The van der Waals surface area contributed by atoms with E-state index in [0.717, 1.165) is 29.3 Å². The lowest BCUT2D eigenvalue weighted by Gasteiger charge is -2.04. The number of hydrogen-bond acceptors (Lipinski definition) is 3. The Kier molecular flexibility index (Phi) is 2.24. The Bertz CT molecular complexity index is 487. The molecule has 3 nitrogen and oxygen atoms in total. The fourth-order valence-electron chi connectivity index (χ4n) is 1.89. The van der Waals surface area contributed by atoms with Crippen molar-refractivity contribution in [3.05, 3.63) is 35.7 Å². The first-order chi connectivity index (χ1) is 7.83. The normalized spacial score (nSPS) is 15.3. The molecule has 0 saturated heterocycles. The maximum atomic E-state index is 4.87. The third kappa shape index (κ3) is 1.85. The second-order valence-electron chi connectivity index (χ2n) is 4.50. The lowest BCUT2D eigenvalue weighted by molar-refractivity contribution is 0.422. The van der Waals surface area contributed by atoms with E-state index < -0.39 is 0 Å². The van der Waals surface area contributed by atoms with Gasteiger partial charge >= 0.3 is 0 Å². The molecular weight excluding hydrogens is 200 g/mol. The van der Waals surface area contributed by atoms with Gasteiger partial charge in [0.25, 0.3) is 0 Å². The van der Waals surface area contributed by atoms with Crippen molar-refractivity contribution in [2.45, 2.75) is 26.2 Å². The Morgan fingerprint density at radius 2 is 2.19 bits per heavy atom. The first kappa shape index (κ1) is 9.58. The molecule has 16 heavy (non-hydrogen) atoms. The summed E-state index contributed by atoms with van der Waals surface area (Å²) in [4.78, 5) is 4.67. The maximum absolute atomic E-state index is 4.87. The van der Waals surface area contributed by atoms with Gasteiger partial charge in [-0.25, -0.2) is 0 Å². The van der Waals surface area contributed by atoms with Gasteiger partial charge in [-0.2, -0.15) is 0 Å². The minimum absolute atomic E-state index is 0.829. The third-order valence-electron chi connectivity index (χ3n) is 3.03. The first-order valence-corrected chi connectivity index (χ1v) is 5.70. The van der Waals surface area contributed by atoms with Crippen molar-refractivity contribution in [3.63, 3.8) is 0 Å². The molecule has 0 spiro atoms. The summed E-state index contributed by atoms with van der Waals surface area (Å²) in [6, 6.07) is 6.10. The molecule has 3 heteroatoms. The minimum atomic E-state index is 0.829. The molecule has 0 bridgehead atoms. The molecule has 0 radical (unpaired) electrons. The Labute approximate surface area is 94.5 Å². The monoisotopic (exact) mass is 214 g/mol. The average molecular weight is 214 g/mol. The van der Waals surface area contributed by atoms with E-state index in [1.54, 1.807) is 6.26 Å². The van der Waals surface area contributed by atoms with Gasteiger partial charge in [-0.05, 0) is 43.7 Å². The molecule has 1 saturated carbocycles. The zero-order valence-electron chi connectivity index (χ0n) is 9.31. The standard InChI is InChI=1S/C13H14N2O/c1-9-2-5-11(8-10-3-4-10)14-13(9)12-6-7-16-15-12/h2,5-7,10H,3-4,8H2,1H3. The highest BCUT2D eigenvalue weighted by molar-refractivity contribution is 5.57. The van der Waals surface area contributed by atoms with E-state index in [1.807, 2.05) is 6.07 Å². The smallest absolute Gasteiger partial charge is 0.132 e. The molecule has 0 unspecified atom stereocenters. The topological polar surface area (TPSA) is 38.9 Å². The molecule has 1 aliphatic rings. The number of rotatable bonds is 3. The Balaban J connectivity index is 1.95. The van der Waals surface area contributed by atoms with Crippen LogP contribution in [-0.4, -0.2) is 10.1 Å². The summed E-state index contributed by atoms with van der Waals surface area (Å²) in [6.45, 7) is 2.05. The zero-order chi connectivity index (χ0) is 11.0. The average Bonchev–Trinajstić information content (AvgIpc) is 2.94. The van der Waals surface area contributed by atoms with E-state index in [9.17, 15) is 0 Å². The van der Waals surface area contributed by atoms with Crippen LogP contribution in [0.25, 0.3) is 11.4 Å². The number of aromatic nitrogens is 2. The van der Waals surface area contributed by atoms with Gasteiger partial charge in [0.1, 0.15) is 12.0 Å². The summed E-state index contributed by atoms with van der Waals surface area (Å²) in [6.07, 6.45) is 5.40. The van der Waals surface area contributed by atoms with E-state index in [4.69, 9.17) is 4.52 Å². The van der Waals surface area contributed by atoms with Crippen LogP contribution in [0.2, 0.25) is 0 Å². The molecule has 0 N–H and O–H groups in total. The fourth-order valence-corrected chi connectivity index (χ4v) is 1.89. The fraction of sp³-hybridized carbons (Fsp3) is 0.385. The van der Waals surface area contributed by atoms with Crippen LogP contribution in [0.5, 0.6) is 0 Å². The van der Waals surface area contributed by atoms with E-state index in [-0.39, 0.29) is 0 Å². The quantitative estimate of drug-likeness (QED) is 0.788. The van der Waals surface area contributed by atoms with E-state index in [2.05, 4.69) is 29.2 Å². The van der Waals surface area contributed by atoms with Crippen molar-refractivity contribution in [2.24, 2.45) is 5.92 Å². The van der Waals surface area contributed by atoms with Gasteiger partial charge in [-0.3, -0.25) is 4.98 Å². The number of aryl methyl sites for hydroxylation is 1. The molecule has 0 atom stereocenters. The van der Waals surface area contributed by atoms with Crippen LogP contribution in [0.3, 0.4) is 0 Å². The SMILES string of the molecule is Cc1ccc(CC2CC2)nc1-c1ccon1. The van der Waals surface area contributed by atoms with Crippen LogP contribution in [0, 0.1) is 12.8 Å². The summed E-state index contributed by atoms with van der Waals surface area (Å²) in [5.41, 5.74) is 4.10.